The molecule has 38 heavy (non-hydrogen) atoms. The first kappa shape index (κ1) is 26.9. The Balaban J connectivity index is 1.63. The van der Waals surface area contributed by atoms with E-state index < -0.39 is 23.9 Å². The summed E-state index contributed by atoms with van der Waals surface area (Å²) >= 11 is 0. The lowest BCUT2D eigenvalue weighted by atomic mass is 9.84. The van der Waals surface area contributed by atoms with Crippen LogP contribution in [0.15, 0.2) is 54.7 Å². The van der Waals surface area contributed by atoms with Crippen molar-refractivity contribution in [3.05, 3.63) is 77.1 Å². The molecule has 8 nitrogen and oxygen atoms in total. The Kier molecular flexibility index (Phi) is 8.41. The largest absolute Gasteiger partial charge is 0.480 e. The van der Waals surface area contributed by atoms with E-state index in [9.17, 15) is 19.5 Å². The number of carbonyl (C=O) groups excluding carboxylic acids is 2. The molecule has 3 amide bonds. The van der Waals surface area contributed by atoms with Crippen LogP contribution < -0.4 is 16.0 Å². The molecule has 0 saturated heterocycles. The van der Waals surface area contributed by atoms with Gasteiger partial charge in [0.25, 0.3) is 5.91 Å². The van der Waals surface area contributed by atoms with Gasteiger partial charge in [0.1, 0.15) is 6.04 Å². The zero-order valence-corrected chi connectivity index (χ0v) is 22.0. The van der Waals surface area contributed by atoms with Gasteiger partial charge in [-0.1, -0.05) is 67.3 Å². The highest BCUT2D eigenvalue weighted by Crippen LogP contribution is 2.29. The number of nitrogens with zero attached hydrogens (tertiary/aromatic N) is 1. The zero-order chi connectivity index (χ0) is 27.2. The molecule has 1 saturated carbocycles. The maximum absolute atomic E-state index is 13.3. The first-order valence-corrected chi connectivity index (χ1v) is 13.0. The summed E-state index contributed by atoms with van der Waals surface area (Å²) in [7, 11) is 0. The number of carboxylic acid groups (broad SMARTS) is 1. The van der Waals surface area contributed by atoms with Gasteiger partial charge in [-0.25, -0.2) is 14.6 Å². The number of benzene rings is 2. The van der Waals surface area contributed by atoms with Gasteiger partial charge in [0.05, 0.1) is 5.69 Å². The molecule has 198 valence electrons. The summed E-state index contributed by atoms with van der Waals surface area (Å²) in [5.41, 5.74) is 5.35. The van der Waals surface area contributed by atoms with Gasteiger partial charge in [0.2, 0.25) is 0 Å². The standard InChI is InChI=1S/C30H34N4O4/c1-18-14-19(2)25(20(3)15-18)34-30(38)32-24-16-23(21-10-6-4-7-11-21)17-31-27(24)28(35)33-26(29(36)37)22-12-8-5-9-13-22/h4,6-7,10-11,14-17,22,26H,5,8-9,12-13H2,1-3H3,(H,33,35)(H,36,37)(H2,32,34,38)/t26-/m0/s1. The summed E-state index contributed by atoms with van der Waals surface area (Å²) < 4.78 is 0. The van der Waals surface area contributed by atoms with Gasteiger partial charge in [-0.15, -0.1) is 0 Å². The fourth-order valence-electron chi connectivity index (χ4n) is 5.23. The monoisotopic (exact) mass is 514 g/mol. The van der Waals surface area contributed by atoms with E-state index in [0.29, 0.717) is 11.3 Å². The van der Waals surface area contributed by atoms with E-state index in [1.807, 2.05) is 63.2 Å². The minimum Gasteiger partial charge on any atom is -0.480 e. The van der Waals surface area contributed by atoms with E-state index in [-0.39, 0.29) is 17.3 Å². The third kappa shape index (κ3) is 6.37. The maximum atomic E-state index is 13.3. The number of aromatic nitrogens is 1. The quantitative estimate of drug-likeness (QED) is 0.304. The van der Waals surface area contributed by atoms with Crippen LogP contribution in [0.1, 0.15) is 59.3 Å². The molecular formula is C30H34N4O4. The predicted octanol–water partition coefficient (Wildman–Crippen LogP) is 6.08. The Morgan fingerprint density at radius 1 is 0.895 bits per heavy atom. The van der Waals surface area contributed by atoms with Crippen molar-refractivity contribution in [2.75, 3.05) is 10.6 Å². The SMILES string of the molecule is Cc1cc(C)c(NC(=O)Nc2cc(-c3ccccc3)cnc2C(=O)N[C@H](C(=O)O)C2CCCCC2)c(C)c1. The van der Waals surface area contributed by atoms with Crippen LogP contribution in [0.3, 0.4) is 0 Å². The van der Waals surface area contributed by atoms with E-state index in [0.717, 1.165) is 54.4 Å². The first-order valence-electron chi connectivity index (χ1n) is 13.0. The highest BCUT2D eigenvalue weighted by atomic mass is 16.4. The van der Waals surface area contributed by atoms with Crippen LogP contribution in [0.4, 0.5) is 16.2 Å². The number of urea groups is 1. The average Bonchev–Trinajstić information content (AvgIpc) is 2.90. The molecule has 3 aromatic rings. The van der Waals surface area contributed by atoms with Crippen molar-refractivity contribution in [1.29, 1.82) is 0 Å². The van der Waals surface area contributed by atoms with Gasteiger partial charge in [-0.2, -0.15) is 0 Å². The number of rotatable bonds is 7. The minimum atomic E-state index is -1.07. The molecular weight excluding hydrogens is 480 g/mol. The number of anilines is 2. The molecule has 1 heterocycles. The number of carboxylic acids is 1. The number of carbonyl (C=O) groups is 3. The Morgan fingerprint density at radius 3 is 2.18 bits per heavy atom. The number of aryl methyl sites for hydroxylation is 3. The molecule has 8 heteroatoms. The minimum absolute atomic E-state index is 0.0424. The normalized spacial score (nSPS) is 14.4. The lowest BCUT2D eigenvalue weighted by Gasteiger charge is -2.28. The van der Waals surface area contributed by atoms with Gasteiger partial charge in [-0.3, -0.25) is 4.79 Å². The van der Waals surface area contributed by atoms with E-state index in [2.05, 4.69) is 20.9 Å². The summed E-state index contributed by atoms with van der Waals surface area (Å²) in [5.74, 6) is -1.84. The molecule has 1 aliphatic rings. The second-order valence-electron chi connectivity index (χ2n) is 10.0. The molecule has 0 aliphatic heterocycles. The summed E-state index contributed by atoms with van der Waals surface area (Å²) in [6.45, 7) is 5.83. The molecule has 4 rings (SSSR count). The summed E-state index contributed by atoms with van der Waals surface area (Å²) in [6, 6.07) is 13.6. The maximum Gasteiger partial charge on any atom is 0.326 e. The van der Waals surface area contributed by atoms with Gasteiger partial charge in [0.15, 0.2) is 5.69 Å². The molecule has 1 fully saturated rings. The van der Waals surface area contributed by atoms with E-state index in [4.69, 9.17) is 0 Å². The Hall–Kier alpha value is -4.20. The summed E-state index contributed by atoms with van der Waals surface area (Å²) in [5, 5.41) is 18.2. The van der Waals surface area contributed by atoms with Crippen LogP contribution in [-0.4, -0.2) is 34.0 Å². The number of amides is 3. The second-order valence-corrected chi connectivity index (χ2v) is 10.0. The fourth-order valence-corrected chi connectivity index (χ4v) is 5.23. The molecule has 1 aromatic heterocycles. The molecule has 1 aliphatic carbocycles. The van der Waals surface area contributed by atoms with Crippen molar-refractivity contribution in [1.82, 2.24) is 10.3 Å². The van der Waals surface area contributed by atoms with E-state index >= 15 is 0 Å². The lowest BCUT2D eigenvalue weighted by molar-refractivity contribution is -0.141. The molecule has 1 atom stereocenters. The van der Waals surface area contributed by atoms with Crippen molar-refractivity contribution < 1.29 is 19.5 Å². The van der Waals surface area contributed by atoms with Crippen LogP contribution in [0.5, 0.6) is 0 Å². The number of aliphatic carboxylic acids is 1. The molecule has 0 radical (unpaired) electrons. The van der Waals surface area contributed by atoms with Crippen LogP contribution in [0.2, 0.25) is 0 Å². The molecule has 0 bridgehead atoms. The number of hydrogen-bond acceptors (Lipinski definition) is 4. The first-order chi connectivity index (χ1) is 18.2. The Morgan fingerprint density at radius 2 is 1.55 bits per heavy atom. The smallest absolute Gasteiger partial charge is 0.326 e. The summed E-state index contributed by atoms with van der Waals surface area (Å²) in [4.78, 5) is 42.9. The Bertz CT molecular complexity index is 1310. The third-order valence-corrected chi connectivity index (χ3v) is 7.05. The van der Waals surface area contributed by atoms with Crippen molar-refractivity contribution in [2.24, 2.45) is 5.92 Å². The van der Waals surface area contributed by atoms with Gasteiger partial charge in [0, 0.05) is 17.4 Å². The van der Waals surface area contributed by atoms with Crippen molar-refractivity contribution in [2.45, 2.75) is 58.9 Å². The highest BCUT2D eigenvalue weighted by molar-refractivity contribution is 6.07. The molecule has 4 N–H and O–H groups in total. The van der Waals surface area contributed by atoms with Crippen LogP contribution >= 0.6 is 0 Å². The van der Waals surface area contributed by atoms with Gasteiger partial charge < -0.3 is 21.1 Å². The van der Waals surface area contributed by atoms with Gasteiger partial charge in [-0.05, 0) is 62.3 Å². The van der Waals surface area contributed by atoms with Crippen molar-refractivity contribution in [3.8, 4) is 11.1 Å². The van der Waals surface area contributed by atoms with E-state index in [1.54, 1.807) is 12.3 Å². The average molecular weight is 515 g/mol. The van der Waals surface area contributed by atoms with Crippen LogP contribution in [0, 0.1) is 26.7 Å². The fraction of sp³-hybridized carbons (Fsp3) is 0.333. The summed E-state index contributed by atoms with van der Waals surface area (Å²) in [6.07, 6.45) is 6.01. The second kappa shape index (κ2) is 11.9. The van der Waals surface area contributed by atoms with Crippen LogP contribution in [0.25, 0.3) is 11.1 Å². The van der Waals surface area contributed by atoms with Crippen LogP contribution in [-0.2, 0) is 4.79 Å². The Labute approximate surface area is 222 Å². The number of pyridine rings is 1. The highest BCUT2D eigenvalue weighted by Gasteiger charge is 2.32. The third-order valence-electron chi connectivity index (χ3n) is 7.05. The van der Waals surface area contributed by atoms with E-state index in [1.165, 1.54) is 0 Å². The number of hydrogen-bond donors (Lipinski definition) is 4. The molecule has 2 aromatic carbocycles. The number of nitrogens with one attached hydrogen (secondary N) is 3. The zero-order valence-electron chi connectivity index (χ0n) is 22.0. The van der Waals surface area contributed by atoms with Crippen molar-refractivity contribution >= 4 is 29.3 Å². The molecule has 0 unspecified atom stereocenters. The van der Waals surface area contributed by atoms with Gasteiger partial charge >= 0.3 is 12.0 Å². The predicted molar refractivity (Wildman–Crippen MR) is 148 cm³/mol. The van der Waals surface area contributed by atoms with Crippen molar-refractivity contribution in [3.63, 3.8) is 0 Å². The molecule has 0 spiro atoms. The topological polar surface area (TPSA) is 120 Å². The lowest BCUT2D eigenvalue weighted by Crippen LogP contribution is -2.47.